The number of carbonyl (C=O) groups is 1. The van der Waals surface area contributed by atoms with Gasteiger partial charge in [-0.1, -0.05) is 84.9 Å². The second-order valence-electron chi connectivity index (χ2n) is 9.30. The maximum Gasteiger partial charge on any atom is 0.321 e. The number of aliphatic hydroxyl groups excluding tert-OH is 1. The maximum absolute atomic E-state index is 11.6. The van der Waals surface area contributed by atoms with Crippen LogP contribution in [0.25, 0.3) is 22.3 Å². The molecule has 1 aliphatic rings. The Kier molecular flexibility index (Phi) is 7.70. The number of likely N-dealkylation sites (tertiary alicyclic amines) is 1. The van der Waals surface area contributed by atoms with Crippen molar-refractivity contribution in [3.63, 3.8) is 0 Å². The predicted molar refractivity (Wildman–Crippen MR) is 148 cm³/mol. The van der Waals surface area contributed by atoms with Crippen LogP contribution in [0.4, 0.5) is 0 Å². The van der Waals surface area contributed by atoms with E-state index in [0.717, 1.165) is 37.9 Å². The third-order valence-corrected chi connectivity index (χ3v) is 7.35. The van der Waals surface area contributed by atoms with Crippen molar-refractivity contribution in [3.05, 3.63) is 113 Å². The highest BCUT2D eigenvalue weighted by molar-refractivity contribution is 9.10. The second-order valence-corrected chi connectivity index (χ2v) is 10.2. The molecule has 2 atom stereocenters. The number of benzene rings is 4. The summed E-state index contributed by atoms with van der Waals surface area (Å²) < 4.78 is 7.09. The molecule has 0 unspecified atom stereocenters. The standard InChI is InChI=1S/C31H28BrNO4/c32-27-16-21(18-33-19-25(34)17-28(33)31(35)36)14-15-29(27)37-20-24-12-7-13-26(22-8-3-1-4-9-22)30(24)23-10-5-2-6-11-23/h1-16,25,28,34H,17-20H2,(H,35,36)/t25-,28-/m0/s1. The lowest BCUT2D eigenvalue weighted by Crippen LogP contribution is -2.35. The number of hydrogen-bond donors (Lipinski definition) is 2. The first-order chi connectivity index (χ1) is 18.0. The van der Waals surface area contributed by atoms with E-state index in [4.69, 9.17) is 4.74 Å². The zero-order valence-electron chi connectivity index (χ0n) is 20.3. The lowest BCUT2D eigenvalue weighted by atomic mass is 9.91. The Hall–Kier alpha value is -3.45. The SMILES string of the molecule is O=C(O)[C@@H]1C[C@H](O)CN1Cc1ccc(OCc2cccc(-c3ccccc3)c2-c2ccccc2)c(Br)c1. The molecule has 1 aliphatic heterocycles. The summed E-state index contributed by atoms with van der Waals surface area (Å²) in [7, 11) is 0. The van der Waals surface area contributed by atoms with Gasteiger partial charge in [0.15, 0.2) is 0 Å². The molecule has 5 nitrogen and oxygen atoms in total. The van der Waals surface area contributed by atoms with Crippen LogP contribution in [0, 0.1) is 0 Å². The van der Waals surface area contributed by atoms with Crippen LogP contribution in [0.2, 0.25) is 0 Å². The summed E-state index contributed by atoms with van der Waals surface area (Å²) in [6.07, 6.45) is -0.360. The van der Waals surface area contributed by atoms with Crippen molar-refractivity contribution in [2.45, 2.75) is 31.7 Å². The highest BCUT2D eigenvalue weighted by Crippen LogP contribution is 2.36. The number of carboxylic acid groups (broad SMARTS) is 1. The van der Waals surface area contributed by atoms with E-state index in [2.05, 4.69) is 58.4 Å². The zero-order valence-corrected chi connectivity index (χ0v) is 21.8. The molecule has 0 amide bonds. The molecule has 4 aromatic carbocycles. The Morgan fingerprint density at radius 1 is 0.919 bits per heavy atom. The van der Waals surface area contributed by atoms with Gasteiger partial charge in [-0.15, -0.1) is 0 Å². The molecule has 0 bridgehead atoms. The molecule has 0 aromatic heterocycles. The average Bonchev–Trinajstić information content (AvgIpc) is 3.29. The maximum atomic E-state index is 11.6. The molecule has 1 fully saturated rings. The van der Waals surface area contributed by atoms with Crippen molar-refractivity contribution in [2.75, 3.05) is 6.54 Å². The summed E-state index contributed by atoms with van der Waals surface area (Å²) in [5.74, 6) is -0.188. The number of carboxylic acids is 1. The number of halogens is 1. The van der Waals surface area contributed by atoms with Crippen molar-refractivity contribution in [3.8, 4) is 28.0 Å². The molecular weight excluding hydrogens is 530 g/mol. The average molecular weight is 558 g/mol. The van der Waals surface area contributed by atoms with Crippen LogP contribution in [0.3, 0.4) is 0 Å². The van der Waals surface area contributed by atoms with Gasteiger partial charge >= 0.3 is 5.97 Å². The molecule has 188 valence electrons. The van der Waals surface area contributed by atoms with E-state index in [1.807, 2.05) is 54.6 Å². The van der Waals surface area contributed by atoms with Crippen LogP contribution < -0.4 is 4.74 Å². The smallest absolute Gasteiger partial charge is 0.321 e. The topological polar surface area (TPSA) is 70.0 Å². The lowest BCUT2D eigenvalue weighted by Gasteiger charge is -2.21. The fourth-order valence-corrected chi connectivity index (χ4v) is 5.53. The van der Waals surface area contributed by atoms with E-state index in [1.54, 1.807) is 4.90 Å². The van der Waals surface area contributed by atoms with E-state index in [1.165, 1.54) is 0 Å². The minimum atomic E-state index is -0.900. The lowest BCUT2D eigenvalue weighted by molar-refractivity contribution is -0.142. The first kappa shape index (κ1) is 25.2. The summed E-state index contributed by atoms with van der Waals surface area (Å²) >= 11 is 3.63. The van der Waals surface area contributed by atoms with Crippen LogP contribution in [0.15, 0.2) is 102 Å². The molecule has 0 saturated carbocycles. The third kappa shape index (κ3) is 5.77. The molecule has 2 N–H and O–H groups in total. The Morgan fingerprint density at radius 3 is 2.30 bits per heavy atom. The second kappa shape index (κ2) is 11.3. The summed E-state index contributed by atoms with van der Waals surface area (Å²) in [5.41, 5.74) is 6.63. The number of β-amino-alcohol motifs (C(OH)–C–C–N with tert-alkyl or cyclic N) is 1. The number of ether oxygens (including phenoxy) is 1. The van der Waals surface area contributed by atoms with Crippen LogP contribution in [-0.4, -0.2) is 39.8 Å². The molecular formula is C31H28BrNO4. The fourth-order valence-electron chi connectivity index (χ4n) is 4.99. The van der Waals surface area contributed by atoms with Gasteiger partial charge in [0.05, 0.1) is 10.6 Å². The molecule has 37 heavy (non-hydrogen) atoms. The molecule has 4 aromatic rings. The summed E-state index contributed by atoms with van der Waals surface area (Å²) in [6.45, 7) is 1.19. The van der Waals surface area contributed by atoms with Gasteiger partial charge in [0.25, 0.3) is 0 Å². The van der Waals surface area contributed by atoms with E-state index in [0.29, 0.717) is 25.4 Å². The van der Waals surface area contributed by atoms with Gasteiger partial charge in [-0.2, -0.15) is 0 Å². The van der Waals surface area contributed by atoms with Gasteiger partial charge in [-0.25, -0.2) is 0 Å². The summed E-state index contributed by atoms with van der Waals surface area (Å²) in [4.78, 5) is 13.4. The van der Waals surface area contributed by atoms with Gasteiger partial charge < -0.3 is 14.9 Å². The van der Waals surface area contributed by atoms with Crippen molar-refractivity contribution in [2.24, 2.45) is 0 Å². The largest absolute Gasteiger partial charge is 0.488 e. The monoisotopic (exact) mass is 557 g/mol. The molecule has 0 spiro atoms. The Balaban J connectivity index is 1.38. The Bertz CT molecular complexity index is 1380. The Labute approximate surface area is 225 Å². The number of aliphatic carboxylic acids is 1. The van der Waals surface area contributed by atoms with Gasteiger partial charge in [-0.05, 0) is 61.4 Å². The summed E-state index contributed by atoms with van der Waals surface area (Å²) in [6, 6.07) is 32.2. The van der Waals surface area contributed by atoms with Crippen LogP contribution in [-0.2, 0) is 17.9 Å². The molecule has 5 rings (SSSR count). The number of nitrogens with zero attached hydrogens (tertiary/aromatic N) is 1. The molecule has 1 heterocycles. The number of hydrogen-bond acceptors (Lipinski definition) is 4. The molecule has 0 aliphatic carbocycles. The summed E-state index contributed by atoms with van der Waals surface area (Å²) in [5, 5.41) is 19.4. The van der Waals surface area contributed by atoms with Gasteiger partial charge in [0, 0.05) is 19.5 Å². The Morgan fingerprint density at radius 2 is 1.62 bits per heavy atom. The van der Waals surface area contributed by atoms with Gasteiger partial charge in [-0.3, -0.25) is 9.69 Å². The van der Waals surface area contributed by atoms with Crippen molar-refractivity contribution < 1.29 is 19.7 Å². The van der Waals surface area contributed by atoms with E-state index in [-0.39, 0.29) is 6.42 Å². The van der Waals surface area contributed by atoms with Crippen LogP contribution >= 0.6 is 15.9 Å². The van der Waals surface area contributed by atoms with Crippen LogP contribution in [0.5, 0.6) is 5.75 Å². The number of rotatable bonds is 8. The van der Waals surface area contributed by atoms with E-state index < -0.39 is 18.1 Å². The zero-order chi connectivity index (χ0) is 25.8. The first-order valence-electron chi connectivity index (χ1n) is 12.3. The predicted octanol–water partition coefficient (Wildman–Crippen LogP) is 6.38. The van der Waals surface area contributed by atoms with Crippen molar-refractivity contribution in [1.82, 2.24) is 4.90 Å². The molecule has 1 saturated heterocycles. The minimum Gasteiger partial charge on any atom is -0.488 e. The molecule has 6 heteroatoms. The first-order valence-corrected chi connectivity index (χ1v) is 13.1. The highest BCUT2D eigenvalue weighted by atomic mass is 79.9. The van der Waals surface area contributed by atoms with Crippen molar-refractivity contribution in [1.29, 1.82) is 0 Å². The normalized spacial score (nSPS) is 17.6. The number of aliphatic hydroxyl groups is 1. The third-order valence-electron chi connectivity index (χ3n) is 6.73. The van der Waals surface area contributed by atoms with Crippen molar-refractivity contribution >= 4 is 21.9 Å². The van der Waals surface area contributed by atoms with Crippen LogP contribution in [0.1, 0.15) is 17.5 Å². The quantitative estimate of drug-likeness (QED) is 0.263. The van der Waals surface area contributed by atoms with Gasteiger partial charge in [0.1, 0.15) is 18.4 Å². The minimum absolute atomic E-state index is 0.253. The van der Waals surface area contributed by atoms with Gasteiger partial charge in [0.2, 0.25) is 0 Å². The fraction of sp³-hybridized carbons (Fsp3) is 0.194. The van der Waals surface area contributed by atoms with E-state index >= 15 is 0 Å². The highest BCUT2D eigenvalue weighted by Gasteiger charge is 2.35. The molecule has 0 radical (unpaired) electrons. The van der Waals surface area contributed by atoms with E-state index in [9.17, 15) is 15.0 Å².